The Kier molecular flexibility index (Phi) is 7.45. The van der Waals surface area contributed by atoms with Gasteiger partial charge >= 0.3 is 0 Å². The zero-order valence-corrected chi connectivity index (χ0v) is 23.3. The van der Waals surface area contributed by atoms with Gasteiger partial charge in [-0.3, -0.25) is 9.69 Å². The van der Waals surface area contributed by atoms with Crippen LogP contribution in [-0.2, 0) is 0 Å². The van der Waals surface area contributed by atoms with Crippen LogP contribution in [-0.4, -0.2) is 90.1 Å². The van der Waals surface area contributed by atoms with E-state index in [1.165, 1.54) is 31.2 Å². The van der Waals surface area contributed by atoms with Crippen molar-refractivity contribution >= 4 is 44.8 Å². The molecule has 1 aliphatic carbocycles. The van der Waals surface area contributed by atoms with Crippen LogP contribution in [0.1, 0.15) is 59.7 Å². The van der Waals surface area contributed by atoms with E-state index in [9.17, 15) is 4.79 Å². The van der Waals surface area contributed by atoms with E-state index in [1.54, 1.807) is 16.2 Å². The number of pyridine rings is 1. The number of carbonyl (C=O) groups excluding carboxylic acids is 1. The van der Waals surface area contributed by atoms with E-state index in [1.807, 2.05) is 32.7 Å². The Bertz CT molecular complexity index is 1260. The van der Waals surface area contributed by atoms with Crippen LogP contribution >= 0.6 is 11.3 Å². The van der Waals surface area contributed by atoms with Crippen molar-refractivity contribution in [2.24, 2.45) is 0 Å². The maximum absolute atomic E-state index is 13.0. The van der Waals surface area contributed by atoms with Crippen LogP contribution in [0.5, 0.6) is 0 Å². The van der Waals surface area contributed by atoms with E-state index < -0.39 is 0 Å². The molecule has 3 aromatic heterocycles. The first-order valence-electron chi connectivity index (χ1n) is 14.0. The minimum atomic E-state index is 0.0816. The second-order valence-corrected chi connectivity index (χ2v) is 12.0. The highest BCUT2D eigenvalue weighted by atomic mass is 32.1. The van der Waals surface area contributed by atoms with Crippen molar-refractivity contribution in [3.63, 3.8) is 0 Å². The number of amides is 1. The van der Waals surface area contributed by atoms with E-state index >= 15 is 0 Å². The Morgan fingerprint density at radius 1 is 1.00 bits per heavy atom. The predicted molar refractivity (Wildman–Crippen MR) is 154 cm³/mol. The summed E-state index contributed by atoms with van der Waals surface area (Å²) in [6, 6.07) is 2.80. The predicted octanol–water partition coefficient (Wildman–Crippen LogP) is 4.06. The number of nitrogens with zero attached hydrogens (tertiary/aromatic N) is 6. The molecule has 202 valence electrons. The number of carbonyl (C=O) groups is 1. The van der Waals surface area contributed by atoms with Gasteiger partial charge in [0.15, 0.2) is 0 Å². The summed E-state index contributed by atoms with van der Waals surface area (Å²) >= 11 is 1.56. The van der Waals surface area contributed by atoms with E-state index in [2.05, 4.69) is 41.5 Å². The van der Waals surface area contributed by atoms with Gasteiger partial charge in [-0.25, -0.2) is 15.0 Å². The number of hydrogen-bond acceptors (Lipinski definition) is 9. The molecule has 38 heavy (non-hydrogen) atoms. The molecule has 2 saturated heterocycles. The van der Waals surface area contributed by atoms with E-state index in [-0.39, 0.29) is 5.91 Å². The van der Waals surface area contributed by atoms with Crippen LogP contribution in [0.2, 0.25) is 0 Å². The standard InChI is InChI=1S/C28H38N8OS/c1-34(2)27(37)26-25(19-5-3-4-6-19)22-15-24(30-18-23(22)38-26)33-28-31-16-21(17-32-28)36-13-11-35(12-14-36)20-7-9-29-10-8-20/h15-20,29H,3-14H2,1-2H3,(H,30,31,32,33). The van der Waals surface area contributed by atoms with Gasteiger partial charge in [-0.1, -0.05) is 12.8 Å². The van der Waals surface area contributed by atoms with Gasteiger partial charge in [0.1, 0.15) is 5.82 Å². The summed E-state index contributed by atoms with van der Waals surface area (Å²) < 4.78 is 1.06. The molecule has 0 spiro atoms. The molecule has 0 aromatic carbocycles. The molecule has 6 rings (SSSR count). The zero-order chi connectivity index (χ0) is 26.1. The molecule has 5 heterocycles. The third-order valence-corrected chi connectivity index (χ3v) is 9.50. The third-order valence-electron chi connectivity index (χ3n) is 8.36. The number of nitrogens with one attached hydrogen (secondary N) is 2. The van der Waals surface area contributed by atoms with E-state index in [0.717, 1.165) is 78.8 Å². The molecular formula is C28H38N8OS. The summed E-state index contributed by atoms with van der Waals surface area (Å²) in [7, 11) is 3.65. The van der Waals surface area contributed by atoms with E-state index in [0.29, 0.717) is 17.7 Å². The van der Waals surface area contributed by atoms with Crippen molar-refractivity contribution in [1.29, 1.82) is 0 Å². The molecule has 0 atom stereocenters. The van der Waals surface area contributed by atoms with Crippen molar-refractivity contribution in [2.45, 2.75) is 50.5 Å². The Morgan fingerprint density at radius 2 is 1.71 bits per heavy atom. The van der Waals surface area contributed by atoms with Crippen molar-refractivity contribution in [2.75, 3.05) is 63.6 Å². The van der Waals surface area contributed by atoms with Gasteiger partial charge in [-0.05, 0) is 56.3 Å². The van der Waals surface area contributed by atoms with Gasteiger partial charge in [0.2, 0.25) is 5.95 Å². The summed E-state index contributed by atoms with van der Waals surface area (Å²) in [6.07, 6.45) is 12.9. The lowest BCUT2D eigenvalue weighted by Gasteiger charge is -2.41. The van der Waals surface area contributed by atoms with Crippen LogP contribution in [0.25, 0.3) is 10.1 Å². The number of piperazine rings is 1. The second kappa shape index (κ2) is 11.1. The Balaban J connectivity index is 1.16. The molecule has 2 aliphatic heterocycles. The molecule has 0 unspecified atom stereocenters. The fraction of sp³-hybridized carbons (Fsp3) is 0.571. The lowest BCUT2D eigenvalue weighted by Crippen LogP contribution is -2.52. The molecule has 10 heteroatoms. The van der Waals surface area contributed by atoms with Gasteiger partial charge < -0.3 is 20.4 Å². The summed E-state index contributed by atoms with van der Waals surface area (Å²) in [6.45, 7) is 6.48. The highest BCUT2D eigenvalue weighted by Gasteiger charge is 2.29. The minimum absolute atomic E-state index is 0.0816. The number of aromatic nitrogens is 3. The average molecular weight is 535 g/mol. The van der Waals surface area contributed by atoms with Crippen LogP contribution in [0.4, 0.5) is 17.5 Å². The SMILES string of the molecule is CN(C)C(=O)c1sc2cnc(Nc3ncc(N4CCN(C5CCNCC5)CC4)cn3)cc2c1C1CCCC1. The quantitative estimate of drug-likeness (QED) is 0.489. The smallest absolute Gasteiger partial charge is 0.263 e. The number of hydrogen-bond donors (Lipinski definition) is 2. The Labute approximate surface area is 228 Å². The van der Waals surface area contributed by atoms with Crippen molar-refractivity contribution < 1.29 is 4.79 Å². The van der Waals surface area contributed by atoms with Crippen LogP contribution in [0, 0.1) is 0 Å². The molecule has 3 aliphatic rings. The molecule has 3 aromatic rings. The van der Waals surface area contributed by atoms with E-state index in [4.69, 9.17) is 0 Å². The first-order chi connectivity index (χ1) is 18.6. The summed E-state index contributed by atoms with van der Waals surface area (Å²) in [4.78, 5) is 34.4. The van der Waals surface area contributed by atoms with Gasteiger partial charge in [0.05, 0.1) is 27.7 Å². The molecule has 1 amide bonds. The highest BCUT2D eigenvalue weighted by molar-refractivity contribution is 7.21. The van der Waals surface area contributed by atoms with Crippen LogP contribution < -0.4 is 15.5 Å². The normalized spacial score (nSPS) is 19.8. The van der Waals surface area contributed by atoms with Crippen LogP contribution in [0.3, 0.4) is 0 Å². The van der Waals surface area contributed by atoms with Crippen molar-refractivity contribution in [3.05, 3.63) is 35.1 Å². The topological polar surface area (TPSA) is 89.5 Å². The molecule has 2 N–H and O–H groups in total. The maximum atomic E-state index is 13.0. The molecule has 1 saturated carbocycles. The lowest BCUT2D eigenvalue weighted by atomic mass is 9.94. The van der Waals surface area contributed by atoms with Gasteiger partial charge in [0, 0.05) is 57.9 Å². The average Bonchev–Trinajstić information content (AvgIpc) is 3.61. The highest BCUT2D eigenvalue weighted by Crippen LogP contribution is 2.44. The third kappa shape index (κ3) is 5.21. The summed E-state index contributed by atoms with van der Waals surface area (Å²) in [5, 5.41) is 7.90. The summed E-state index contributed by atoms with van der Waals surface area (Å²) in [5.41, 5.74) is 2.27. The molecule has 9 nitrogen and oxygen atoms in total. The van der Waals surface area contributed by atoms with Gasteiger partial charge in [-0.2, -0.15) is 0 Å². The number of fused-ring (bicyclic) bond motifs is 1. The fourth-order valence-corrected chi connectivity index (χ4v) is 7.51. The number of thiophene rings is 1. The summed E-state index contributed by atoms with van der Waals surface area (Å²) in [5.74, 6) is 1.76. The second-order valence-electron chi connectivity index (χ2n) is 11.0. The van der Waals surface area contributed by atoms with Crippen molar-refractivity contribution in [1.82, 2.24) is 30.1 Å². The monoisotopic (exact) mass is 534 g/mol. The number of rotatable bonds is 6. The van der Waals surface area contributed by atoms with Crippen LogP contribution in [0.15, 0.2) is 24.7 Å². The minimum Gasteiger partial charge on any atom is -0.366 e. The Morgan fingerprint density at radius 3 is 2.39 bits per heavy atom. The Hall–Kier alpha value is -2.82. The van der Waals surface area contributed by atoms with Gasteiger partial charge in [0.25, 0.3) is 5.91 Å². The maximum Gasteiger partial charge on any atom is 0.263 e. The largest absolute Gasteiger partial charge is 0.366 e. The lowest BCUT2D eigenvalue weighted by molar-refractivity contribution is 0.0831. The number of anilines is 3. The molecule has 3 fully saturated rings. The van der Waals surface area contributed by atoms with Crippen molar-refractivity contribution in [3.8, 4) is 0 Å². The zero-order valence-electron chi connectivity index (χ0n) is 22.4. The number of piperidine rings is 1. The molecule has 0 radical (unpaired) electrons. The van der Waals surface area contributed by atoms with Gasteiger partial charge in [-0.15, -0.1) is 11.3 Å². The fourth-order valence-electron chi connectivity index (χ4n) is 6.25. The molecule has 0 bridgehead atoms. The molecular weight excluding hydrogens is 496 g/mol. The first kappa shape index (κ1) is 25.5. The first-order valence-corrected chi connectivity index (χ1v) is 14.8.